The van der Waals surface area contributed by atoms with E-state index in [-0.39, 0.29) is 5.88 Å². The van der Waals surface area contributed by atoms with Crippen LogP contribution in [-0.4, -0.2) is 17.2 Å². The zero-order valence-electron chi connectivity index (χ0n) is 6.67. The molecule has 0 saturated carbocycles. The minimum atomic E-state index is -2.91. The molecule has 1 heterocycles. The van der Waals surface area contributed by atoms with E-state index in [1.165, 1.54) is 7.11 Å². The van der Waals surface area contributed by atoms with E-state index < -0.39 is 23.3 Å². The van der Waals surface area contributed by atoms with E-state index in [4.69, 9.17) is 5.11 Å². The summed E-state index contributed by atoms with van der Waals surface area (Å²) in [6.45, 7) is 0. The maximum atomic E-state index is 12.2. The molecule has 0 unspecified atom stereocenters. The first-order valence-corrected chi connectivity index (χ1v) is 3.34. The molecule has 72 valence electrons. The van der Waals surface area contributed by atoms with E-state index in [0.717, 1.165) is 6.07 Å². The molecule has 1 aromatic heterocycles. The van der Waals surface area contributed by atoms with Gasteiger partial charge in [-0.05, 0) is 0 Å². The van der Waals surface area contributed by atoms with Crippen molar-refractivity contribution in [3.05, 3.63) is 22.0 Å². The minimum Gasteiger partial charge on any atom is -0.503 e. The van der Waals surface area contributed by atoms with E-state index in [9.17, 15) is 13.6 Å². The van der Waals surface area contributed by atoms with Crippen LogP contribution >= 0.6 is 0 Å². The van der Waals surface area contributed by atoms with Crippen molar-refractivity contribution in [3.8, 4) is 11.6 Å². The molecule has 0 aromatic carbocycles. The standard InChI is InChI=1S/C7H7F2NO3/c1-13-4-2-3(6(8)9)5(11)7(12)10-4/h2,6,11H,1H3,(H,10,12). The zero-order valence-corrected chi connectivity index (χ0v) is 6.67. The fourth-order valence-electron chi connectivity index (χ4n) is 0.824. The largest absolute Gasteiger partial charge is 0.503 e. The second-order valence-corrected chi connectivity index (χ2v) is 2.27. The first kappa shape index (κ1) is 9.50. The molecular formula is C7H7F2NO3. The Morgan fingerprint density at radius 1 is 1.62 bits per heavy atom. The van der Waals surface area contributed by atoms with E-state index in [0.29, 0.717) is 0 Å². The fraction of sp³-hybridized carbons (Fsp3) is 0.286. The number of halogens is 2. The Balaban J connectivity index is 3.33. The van der Waals surface area contributed by atoms with Crippen LogP contribution in [0.1, 0.15) is 12.0 Å². The topological polar surface area (TPSA) is 62.3 Å². The highest BCUT2D eigenvalue weighted by Gasteiger charge is 2.16. The third-order valence-electron chi connectivity index (χ3n) is 1.47. The maximum Gasteiger partial charge on any atom is 0.293 e. The maximum absolute atomic E-state index is 12.2. The van der Waals surface area contributed by atoms with Gasteiger partial charge in [0.05, 0.1) is 12.7 Å². The zero-order chi connectivity index (χ0) is 10.0. The average molecular weight is 191 g/mol. The number of aromatic hydroxyl groups is 1. The van der Waals surface area contributed by atoms with E-state index in [1.54, 1.807) is 0 Å². The summed E-state index contributed by atoms with van der Waals surface area (Å²) in [4.78, 5) is 12.9. The Hall–Kier alpha value is -1.59. The number of pyridine rings is 1. The number of nitrogens with one attached hydrogen (secondary N) is 1. The summed E-state index contributed by atoms with van der Waals surface area (Å²) in [7, 11) is 1.22. The highest BCUT2D eigenvalue weighted by Crippen LogP contribution is 2.26. The minimum absolute atomic E-state index is 0.113. The fourth-order valence-corrected chi connectivity index (χ4v) is 0.824. The summed E-state index contributed by atoms with van der Waals surface area (Å²) in [6, 6.07) is 0.876. The lowest BCUT2D eigenvalue weighted by Gasteiger charge is -2.04. The van der Waals surface area contributed by atoms with Gasteiger partial charge in [0.2, 0.25) is 0 Å². The molecule has 4 nitrogen and oxygen atoms in total. The lowest BCUT2D eigenvalue weighted by molar-refractivity contribution is 0.146. The molecular weight excluding hydrogens is 184 g/mol. The first-order valence-electron chi connectivity index (χ1n) is 3.34. The molecule has 0 fully saturated rings. The molecule has 0 aliphatic carbocycles. The van der Waals surface area contributed by atoms with Crippen molar-refractivity contribution in [2.75, 3.05) is 7.11 Å². The number of rotatable bonds is 2. The summed E-state index contributed by atoms with van der Waals surface area (Å²) in [5.74, 6) is -1.09. The number of hydrogen-bond donors (Lipinski definition) is 2. The van der Waals surface area contributed by atoms with Crippen LogP contribution in [0.25, 0.3) is 0 Å². The summed E-state index contributed by atoms with van der Waals surface area (Å²) < 4.78 is 28.9. The van der Waals surface area contributed by atoms with Crippen LogP contribution in [0.5, 0.6) is 11.6 Å². The summed E-state index contributed by atoms with van der Waals surface area (Å²) >= 11 is 0. The predicted octanol–water partition coefficient (Wildman–Crippen LogP) is 1.03. The van der Waals surface area contributed by atoms with Crippen LogP contribution < -0.4 is 10.3 Å². The van der Waals surface area contributed by atoms with Crippen molar-refractivity contribution in [2.24, 2.45) is 0 Å². The van der Waals surface area contributed by atoms with Gasteiger partial charge in [-0.1, -0.05) is 0 Å². The summed E-state index contributed by atoms with van der Waals surface area (Å²) in [5, 5.41) is 8.91. The highest BCUT2D eigenvalue weighted by atomic mass is 19.3. The van der Waals surface area contributed by atoms with Gasteiger partial charge in [-0.15, -0.1) is 0 Å². The molecule has 6 heteroatoms. The number of hydrogen-bond acceptors (Lipinski definition) is 3. The van der Waals surface area contributed by atoms with Gasteiger partial charge < -0.3 is 9.84 Å². The van der Waals surface area contributed by atoms with Crippen LogP contribution in [-0.2, 0) is 0 Å². The Morgan fingerprint density at radius 3 is 2.69 bits per heavy atom. The van der Waals surface area contributed by atoms with Crippen LogP contribution in [0.2, 0.25) is 0 Å². The molecule has 0 spiro atoms. The van der Waals surface area contributed by atoms with Gasteiger partial charge in [0.15, 0.2) is 11.6 Å². The Kier molecular flexibility index (Phi) is 2.50. The monoisotopic (exact) mass is 191 g/mol. The lowest BCUT2D eigenvalue weighted by Crippen LogP contribution is -2.09. The second-order valence-electron chi connectivity index (χ2n) is 2.27. The number of ether oxygens (including phenoxy) is 1. The molecule has 1 rings (SSSR count). The van der Waals surface area contributed by atoms with Crippen LogP contribution in [0, 0.1) is 0 Å². The molecule has 1 aromatic rings. The lowest BCUT2D eigenvalue weighted by atomic mass is 10.2. The number of methoxy groups -OCH3 is 1. The SMILES string of the molecule is COc1cc(C(F)F)c(O)c(=O)[nH]1. The molecule has 0 atom stereocenters. The summed E-state index contributed by atoms with van der Waals surface area (Å²) in [5.41, 5.74) is -1.73. The van der Waals surface area contributed by atoms with E-state index in [2.05, 4.69) is 9.72 Å². The molecule has 0 bridgehead atoms. The molecule has 0 amide bonds. The molecule has 13 heavy (non-hydrogen) atoms. The van der Waals surface area contributed by atoms with Gasteiger partial charge in [0.25, 0.3) is 12.0 Å². The normalized spacial score (nSPS) is 10.5. The van der Waals surface area contributed by atoms with Gasteiger partial charge in [0, 0.05) is 6.07 Å². The smallest absolute Gasteiger partial charge is 0.293 e. The van der Waals surface area contributed by atoms with Crippen molar-refractivity contribution in [1.29, 1.82) is 0 Å². The number of aromatic amines is 1. The summed E-state index contributed by atoms with van der Waals surface area (Å²) in [6.07, 6.45) is -2.91. The Bertz CT molecular complexity index is 361. The van der Waals surface area contributed by atoms with Gasteiger partial charge in [-0.3, -0.25) is 9.78 Å². The van der Waals surface area contributed by atoms with Gasteiger partial charge in [-0.25, -0.2) is 8.78 Å². The second kappa shape index (κ2) is 3.42. The average Bonchev–Trinajstić information content (AvgIpc) is 2.09. The van der Waals surface area contributed by atoms with Crippen molar-refractivity contribution < 1.29 is 18.6 Å². The van der Waals surface area contributed by atoms with E-state index in [1.807, 2.05) is 0 Å². The van der Waals surface area contributed by atoms with Crippen molar-refractivity contribution in [3.63, 3.8) is 0 Å². The third-order valence-corrected chi connectivity index (χ3v) is 1.47. The molecule has 0 aliphatic rings. The van der Waals surface area contributed by atoms with Crippen molar-refractivity contribution >= 4 is 0 Å². The number of aromatic nitrogens is 1. The van der Waals surface area contributed by atoms with Crippen molar-refractivity contribution in [1.82, 2.24) is 4.98 Å². The Labute approximate surface area is 71.8 Å². The van der Waals surface area contributed by atoms with Gasteiger partial charge >= 0.3 is 0 Å². The quantitative estimate of drug-likeness (QED) is 0.733. The van der Waals surface area contributed by atoms with Crippen LogP contribution in [0.15, 0.2) is 10.9 Å². The third kappa shape index (κ3) is 1.77. The van der Waals surface area contributed by atoms with Gasteiger partial charge in [-0.2, -0.15) is 0 Å². The van der Waals surface area contributed by atoms with Crippen LogP contribution in [0.4, 0.5) is 8.78 Å². The molecule has 2 N–H and O–H groups in total. The van der Waals surface area contributed by atoms with Crippen LogP contribution in [0.3, 0.4) is 0 Å². The predicted molar refractivity (Wildman–Crippen MR) is 40.2 cm³/mol. The Morgan fingerprint density at radius 2 is 2.23 bits per heavy atom. The molecule has 0 saturated heterocycles. The number of H-pyrrole nitrogens is 1. The molecule has 0 aliphatic heterocycles. The number of alkyl halides is 2. The first-order chi connectivity index (χ1) is 6.06. The van der Waals surface area contributed by atoms with Gasteiger partial charge in [0.1, 0.15) is 0 Å². The highest BCUT2D eigenvalue weighted by molar-refractivity contribution is 5.34. The van der Waals surface area contributed by atoms with Crippen molar-refractivity contribution in [2.45, 2.75) is 6.43 Å². The molecule has 0 radical (unpaired) electrons. The van der Waals surface area contributed by atoms with E-state index >= 15 is 0 Å².